The molecule has 2 heterocycles. The van der Waals surface area contributed by atoms with Gasteiger partial charge in [0.05, 0.1) is 30.2 Å². The highest BCUT2D eigenvalue weighted by Gasteiger charge is 2.33. The average Bonchev–Trinajstić information content (AvgIpc) is 3.07. The van der Waals surface area contributed by atoms with E-state index in [-0.39, 0.29) is 19.0 Å². The number of hydrogen-bond acceptors (Lipinski definition) is 6. The second kappa shape index (κ2) is 8.93. The second-order valence-corrected chi connectivity index (χ2v) is 7.22. The van der Waals surface area contributed by atoms with Gasteiger partial charge in [-0.1, -0.05) is 10.7 Å². The molecule has 9 heteroatoms. The summed E-state index contributed by atoms with van der Waals surface area (Å²) in [6.07, 6.45) is 2.36. The second-order valence-electron chi connectivity index (χ2n) is 7.22. The largest absolute Gasteiger partial charge is 0.442 e. The van der Waals surface area contributed by atoms with Gasteiger partial charge in [-0.3, -0.25) is 9.69 Å². The monoisotopic (exact) mass is 404 g/mol. The van der Waals surface area contributed by atoms with Gasteiger partial charge in [0.15, 0.2) is 0 Å². The quantitative estimate of drug-likeness (QED) is 0.447. The van der Waals surface area contributed by atoms with Gasteiger partial charge in [0.25, 0.3) is 0 Å². The molecule has 2 saturated heterocycles. The highest BCUT2D eigenvalue weighted by Crippen LogP contribution is 2.30. The number of oxime groups is 1. The first-order chi connectivity index (χ1) is 13.9. The van der Waals surface area contributed by atoms with E-state index in [0.29, 0.717) is 30.2 Å². The number of nitrogens with zero attached hydrogens (tertiary/aromatic N) is 3. The van der Waals surface area contributed by atoms with Gasteiger partial charge < -0.3 is 20.2 Å². The minimum Gasteiger partial charge on any atom is -0.442 e. The number of cyclic esters (lactones) is 1. The number of allylic oxidation sites excluding steroid dienone is 1. The molecule has 0 spiro atoms. The van der Waals surface area contributed by atoms with Gasteiger partial charge >= 0.3 is 6.09 Å². The lowest BCUT2D eigenvalue weighted by Crippen LogP contribution is -2.33. The summed E-state index contributed by atoms with van der Waals surface area (Å²) in [5.74, 6) is -0.602. The van der Waals surface area contributed by atoms with E-state index in [1.807, 2.05) is 11.0 Å². The number of nitrogens with one attached hydrogen (secondary N) is 1. The number of amides is 2. The number of anilines is 2. The number of hydrogen-bond donors (Lipinski definition) is 2. The fourth-order valence-corrected chi connectivity index (χ4v) is 3.52. The Labute approximate surface area is 168 Å². The Kier molecular flexibility index (Phi) is 6.36. The summed E-state index contributed by atoms with van der Waals surface area (Å²) in [5, 5.41) is 14.5. The molecule has 156 valence electrons. The van der Waals surface area contributed by atoms with Gasteiger partial charge in [-0.05, 0) is 44.0 Å². The normalized spacial score (nSPS) is 20.0. The Balaban J connectivity index is 1.64. The first kappa shape index (κ1) is 20.6. The summed E-state index contributed by atoms with van der Waals surface area (Å²) in [6, 6.07) is 4.72. The van der Waals surface area contributed by atoms with E-state index in [9.17, 15) is 14.0 Å². The highest BCUT2D eigenvalue weighted by atomic mass is 19.1. The van der Waals surface area contributed by atoms with Crippen molar-refractivity contribution < 1.29 is 23.9 Å². The van der Waals surface area contributed by atoms with Crippen LogP contribution in [0.4, 0.5) is 20.6 Å². The fraction of sp³-hybridized carbons (Fsp3) is 0.450. The number of piperidine rings is 1. The SMILES string of the molecule is CC(=O)NC[C@H]1CN(c2ccc(N3CCC(=C/C(C)=N/O)CC3)c(F)c2)C(=O)O1. The lowest BCUT2D eigenvalue weighted by molar-refractivity contribution is -0.119. The van der Waals surface area contributed by atoms with Crippen LogP contribution in [0.2, 0.25) is 0 Å². The molecule has 2 fully saturated rings. The highest BCUT2D eigenvalue weighted by molar-refractivity contribution is 5.93. The zero-order valence-electron chi connectivity index (χ0n) is 16.5. The summed E-state index contributed by atoms with van der Waals surface area (Å²) in [6.45, 7) is 4.91. The van der Waals surface area contributed by atoms with Gasteiger partial charge in [0.2, 0.25) is 5.91 Å². The first-order valence-corrected chi connectivity index (χ1v) is 9.52. The van der Waals surface area contributed by atoms with Gasteiger partial charge in [-0.25, -0.2) is 9.18 Å². The smallest absolute Gasteiger partial charge is 0.414 e. The maximum absolute atomic E-state index is 14.8. The Hall–Kier alpha value is -3.10. The molecule has 0 saturated carbocycles. The lowest BCUT2D eigenvalue weighted by Gasteiger charge is -2.31. The maximum atomic E-state index is 14.8. The molecule has 2 aliphatic rings. The van der Waals surface area contributed by atoms with Crippen LogP contribution in [0.5, 0.6) is 0 Å². The van der Waals surface area contributed by atoms with Crippen LogP contribution < -0.4 is 15.1 Å². The number of rotatable bonds is 5. The number of carbonyl (C=O) groups is 2. The van der Waals surface area contributed by atoms with Crippen molar-refractivity contribution in [1.82, 2.24) is 5.32 Å². The van der Waals surface area contributed by atoms with Crippen LogP contribution in [0.25, 0.3) is 0 Å². The third-order valence-corrected chi connectivity index (χ3v) is 5.01. The molecule has 2 aliphatic heterocycles. The van der Waals surface area contributed by atoms with Crippen molar-refractivity contribution in [2.45, 2.75) is 32.8 Å². The molecular weight excluding hydrogens is 379 g/mol. The van der Waals surface area contributed by atoms with Crippen molar-refractivity contribution >= 4 is 29.1 Å². The molecule has 0 aromatic heterocycles. The van der Waals surface area contributed by atoms with Crippen LogP contribution >= 0.6 is 0 Å². The topological polar surface area (TPSA) is 94.5 Å². The Morgan fingerprint density at radius 1 is 1.38 bits per heavy atom. The van der Waals surface area contributed by atoms with E-state index in [2.05, 4.69) is 10.5 Å². The first-order valence-electron chi connectivity index (χ1n) is 9.52. The minimum absolute atomic E-state index is 0.201. The predicted octanol–water partition coefficient (Wildman–Crippen LogP) is 2.66. The zero-order chi connectivity index (χ0) is 21.0. The molecule has 0 unspecified atom stereocenters. The maximum Gasteiger partial charge on any atom is 0.414 e. The summed E-state index contributed by atoms with van der Waals surface area (Å²) in [7, 11) is 0. The van der Waals surface area contributed by atoms with Crippen molar-refractivity contribution in [1.29, 1.82) is 0 Å². The van der Waals surface area contributed by atoms with Gasteiger partial charge in [0.1, 0.15) is 11.9 Å². The fourth-order valence-electron chi connectivity index (χ4n) is 3.52. The van der Waals surface area contributed by atoms with Crippen LogP contribution in [0.3, 0.4) is 0 Å². The molecular formula is C20H25FN4O4. The summed E-state index contributed by atoms with van der Waals surface area (Å²) in [4.78, 5) is 26.4. The molecule has 2 amide bonds. The van der Waals surface area contributed by atoms with Gasteiger partial charge in [-0.15, -0.1) is 0 Å². The van der Waals surface area contributed by atoms with Crippen molar-refractivity contribution in [3.8, 4) is 0 Å². The molecule has 1 aromatic rings. The minimum atomic E-state index is -0.554. The zero-order valence-corrected chi connectivity index (χ0v) is 16.5. The Morgan fingerprint density at radius 3 is 2.72 bits per heavy atom. The molecule has 3 rings (SSSR count). The van der Waals surface area contributed by atoms with Crippen molar-refractivity contribution in [2.24, 2.45) is 5.16 Å². The van der Waals surface area contributed by atoms with Crippen molar-refractivity contribution in [3.05, 3.63) is 35.7 Å². The Bertz CT molecular complexity index is 845. The van der Waals surface area contributed by atoms with Crippen LogP contribution in [0.1, 0.15) is 26.7 Å². The number of carbonyl (C=O) groups excluding carboxylic acids is 2. The Morgan fingerprint density at radius 2 is 2.10 bits per heavy atom. The third-order valence-electron chi connectivity index (χ3n) is 5.01. The van der Waals surface area contributed by atoms with Crippen LogP contribution in [0, 0.1) is 5.82 Å². The van der Waals surface area contributed by atoms with E-state index in [0.717, 1.165) is 12.8 Å². The lowest BCUT2D eigenvalue weighted by atomic mass is 10.0. The molecule has 8 nitrogen and oxygen atoms in total. The molecule has 29 heavy (non-hydrogen) atoms. The van der Waals surface area contributed by atoms with E-state index in [1.165, 1.54) is 23.5 Å². The van der Waals surface area contributed by atoms with Crippen LogP contribution in [-0.2, 0) is 9.53 Å². The van der Waals surface area contributed by atoms with Crippen molar-refractivity contribution in [3.63, 3.8) is 0 Å². The molecule has 0 bridgehead atoms. The van der Waals surface area contributed by atoms with Gasteiger partial charge in [-0.2, -0.15) is 0 Å². The van der Waals surface area contributed by atoms with Crippen LogP contribution in [-0.4, -0.2) is 55.2 Å². The van der Waals surface area contributed by atoms with Crippen molar-refractivity contribution in [2.75, 3.05) is 36.0 Å². The van der Waals surface area contributed by atoms with E-state index >= 15 is 0 Å². The van der Waals surface area contributed by atoms with E-state index in [4.69, 9.17) is 9.94 Å². The average molecular weight is 404 g/mol. The summed E-state index contributed by atoms with van der Waals surface area (Å²) < 4.78 is 20.0. The van der Waals surface area contributed by atoms with E-state index in [1.54, 1.807) is 19.1 Å². The van der Waals surface area contributed by atoms with Gasteiger partial charge in [0, 0.05) is 20.0 Å². The number of halogens is 1. The van der Waals surface area contributed by atoms with Crippen LogP contribution in [0.15, 0.2) is 35.0 Å². The predicted molar refractivity (Wildman–Crippen MR) is 107 cm³/mol. The molecule has 1 atom stereocenters. The number of benzene rings is 1. The summed E-state index contributed by atoms with van der Waals surface area (Å²) in [5.41, 5.74) is 2.63. The molecule has 0 aliphatic carbocycles. The summed E-state index contributed by atoms with van der Waals surface area (Å²) >= 11 is 0. The number of ether oxygens (including phenoxy) is 1. The molecule has 2 N–H and O–H groups in total. The molecule has 1 aromatic carbocycles. The molecule has 0 radical (unpaired) electrons. The van der Waals surface area contributed by atoms with E-state index < -0.39 is 18.0 Å². The standard InChI is InChI=1S/C20H25FN4O4/c1-13(23-28)9-15-5-7-24(8-6-15)19-4-3-16(10-18(19)21)25-12-17(29-20(25)27)11-22-14(2)26/h3-4,9-10,17,28H,5-8,11-12H2,1-2H3,(H,22,26)/b23-13+/t17-/m0/s1. The third kappa shape index (κ3) is 5.04.